The highest BCUT2D eigenvalue weighted by Crippen LogP contribution is 2.40. The number of fused-ring (bicyclic) bond motifs is 3. The van der Waals surface area contributed by atoms with Gasteiger partial charge in [0.15, 0.2) is 5.78 Å². The number of carbonyl (C=O) groups is 3. The molecule has 0 spiro atoms. The molecule has 0 bridgehead atoms. The van der Waals surface area contributed by atoms with Gasteiger partial charge in [0.2, 0.25) is 10.0 Å². The summed E-state index contributed by atoms with van der Waals surface area (Å²) >= 11 is 1.11. The van der Waals surface area contributed by atoms with Gasteiger partial charge in [0.05, 0.1) is 32.7 Å². The van der Waals surface area contributed by atoms with E-state index in [1.54, 1.807) is 29.7 Å². The first-order chi connectivity index (χ1) is 18.2. The number of ketones is 1. The molecule has 0 unspecified atom stereocenters. The fourth-order valence-corrected chi connectivity index (χ4v) is 6.78. The van der Waals surface area contributed by atoms with Crippen LogP contribution in [0.25, 0.3) is 27.4 Å². The highest BCUT2D eigenvalue weighted by molar-refractivity contribution is 7.91. The lowest BCUT2D eigenvalue weighted by molar-refractivity contribution is -0.113. The summed E-state index contributed by atoms with van der Waals surface area (Å²) < 4.78 is 50.0. The number of rotatable bonds is 7. The maximum atomic E-state index is 15.2. The van der Waals surface area contributed by atoms with Gasteiger partial charge in [0.1, 0.15) is 17.1 Å². The first-order valence-electron chi connectivity index (χ1n) is 11.7. The summed E-state index contributed by atoms with van der Waals surface area (Å²) in [4.78, 5) is 38.8. The molecule has 1 aromatic carbocycles. The Balaban J connectivity index is 1.67. The van der Waals surface area contributed by atoms with E-state index in [9.17, 15) is 22.8 Å². The van der Waals surface area contributed by atoms with Crippen molar-refractivity contribution in [2.24, 2.45) is 5.73 Å². The molecule has 2 amide bonds. The van der Waals surface area contributed by atoms with Crippen molar-refractivity contribution in [1.29, 1.82) is 0 Å². The minimum Gasteiger partial charge on any atom is -0.463 e. The number of allylic oxidation sites excluding steroid dienone is 4. The number of hydrogen-bond acceptors (Lipinski definition) is 7. The molecule has 9 nitrogen and oxygen atoms in total. The van der Waals surface area contributed by atoms with Crippen molar-refractivity contribution in [3.63, 3.8) is 0 Å². The second-order valence-corrected chi connectivity index (χ2v) is 12.1. The summed E-state index contributed by atoms with van der Waals surface area (Å²) in [5.41, 5.74) is 6.53. The Morgan fingerprint density at radius 3 is 2.74 bits per heavy atom. The predicted molar refractivity (Wildman–Crippen MR) is 140 cm³/mol. The molecule has 38 heavy (non-hydrogen) atoms. The van der Waals surface area contributed by atoms with Crippen LogP contribution in [0.5, 0.6) is 0 Å². The van der Waals surface area contributed by atoms with Crippen LogP contribution in [0.3, 0.4) is 0 Å². The zero-order valence-corrected chi connectivity index (χ0v) is 21.3. The Morgan fingerprint density at radius 1 is 1.26 bits per heavy atom. The second kappa shape index (κ2) is 8.77. The van der Waals surface area contributed by atoms with Gasteiger partial charge >= 0.3 is 0 Å². The minimum absolute atomic E-state index is 0.0323. The molecule has 12 heteroatoms. The Bertz CT molecular complexity index is 1850. The molecule has 0 aliphatic heterocycles. The number of nitrogens with zero attached hydrogens (tertiary/aromatic N) is 1. The van der Waals surface area contributed by atoms with E-state index < -0.39 is 32.9 Å². The number of carbonyl (C=O) groups excluding carboxylic acids is 3. The van der Waals surface area contributed by atoms with Crippen molar-refractivity contribution < 1.29 is 31.6 Å². The smallest absolute Gasteiger partial charge is 0.282 e. The van der Waals surface area contributed by atoms with Crippen LogP contribution < -0.4 is 10.5 Å². The van der Waals surface area contributed by atoms with Gasteiger partial charge < -0.3 is 14.7 Å². The van der Waals surface area contributed by atoms with Crippen molar-refractivity contribution in [2.45, 2.75) is 31.1 Å². The average Bonchev–Trinajstić information content (AvgIpc) is 3.30. The molecule has 6 rings (SSSR count). The maximum absolute atomic E-state index is 15.2. The number of nitrogens with two attached hydrogens (primary N) is 1. The number of benzene rings is 1. The molecule has 0 atom stereocenters. The first kappa shape index (κ1) is 24.3. The fraction of sp³-hybridized carbons (Fsp3) is 0.192. The molecule has 2 aliphatic rings. The summed E-state index contributed by atoms with van der Waals surface area (Å²) in [5.74, 6) is -2.48. The number of Topliss-reactive ketones (excluding diaryl/α,β-unsaturated/α-hetero) is 1. The molecule has 1 saturated carbocycles. The van der Waals surface area contributed by atoms with E-state index in [1.165, 1.54) is 23.0 Å². The number of aromatic nitrogens is 1. The van der Waals surface area contributed by atoms with E-state index >= 15 is 4.39 Å². The fourth-order valence-electron chi connectivity index (χ4n) is 4.74. The van der Waals surface area contributed by atoms with Gasteiger partial charge in [-0.1, -0.05) is 18.2 Å². The van der Waals surface area contributed by atoms with E-state index in [1.807, 2.05) is 0 Å². The molecule has 4 aromatic rings. The SMILES string of the molecule is NC(=O)c1cc(Cn2c(C(=O)NS(=O)(=O)C3CC3)c(C3=CC=CCC3=O)c3c4occc4c(F)cc32)cs1. The molecule has 194 valence electrons. The van der Waals surface area contributed by atoms with Crippen LogP contribution in [0, 0.1) is 5.82 Å². The zero-order valence-electron chi connectivity index (χ0n) is 19.7. The first-order valence-corrected chi connectivity index (χ1v) is 14.1. The number of halogens is 1. The lowest BCUT2D eigenvalue weighted by atomic mass is 9.93. The molecule has 3 N–H and O–H groups in total. The predicted octanol–water partition coefficient (Wildman–Crippen LogP) is 3.87. The number of amides is 2. The maximum Gasteiger partial charge on any atom is 0.282 e. The van der Waals surface area contributed by atoms with Gasteiger partial charge in [0.25, 0.3) is 11.8 Å². The Labute approximate surface area is 219 Å². The number of primary amides is 1. The summed E-state index contributed by atoms with van der Waals surface area (Å²) in [5, 5.41) is 1.46. The van der Waals surface area contributed by atoms with Crippen molar-refractivity contribution in [3.8, 4) is 0 Å². The van der Waals surface area contributed by atoms with Crippen molar-refractivity contribution in [2.75, 3.05) is 0 Å². The van der Waals surface area contributed by atoms with Gasteiger partial charge in [-0.3, -0.25) is 14.4 Å². The number of thiophene rings is 1. The van der Waals surface area contributed by atoms with Gasteiger partial charge in [-0.2, -0.15) is 0 Å². The van der Waals surface area contributed by atoms with E-state index in [0.29, 0.717) is 23.8 Å². The molecule has 0 saturated heterocycles. The number of nitrogens with one attached hydrogen (secondary N) is 1. The third kappa shape index (κ3) is 3.96. The summed E-state index contributed by atoms with van der Waals surface area (Å²) in [6.07, 6.45) is 7.15. The topological polar surface area (TPSA) is 141 Å². The van der Waals surface area contributed by atoms with Crippen LogP contribution in [-0.4, -0.2) is 35.8 Å². The van der Waals surface area contributed by atoms with E-state index in [0.717, 1.165) is 11.3 Å². The molecule has 2 aliphatic carbocycles. The highest BCUT2D eigenvalue weighted by atomic mass is 32.2. The van der Waals surface area contributed by atoms with Crippen LogP contribution in [-0.2, 0) is 21.4 Å². The third-order valence-electron chi connectivity index (χ3n) is 6.64. The summed E-state index contributed by atoms with van der Waals surface area (Å²) in [6.45, 7) is -0.0323. The van der Waals surface area contributed by atoms with Crippen LogP contribution in [0.1, 0.15) is 50.5 Å². The van der Waals surface area contributed by atoms with E-state index in [2.05, 4.69) is 4.72 Å². The van der Waals surface area contributed by atoms with Crippen LogP contribution >= 0.6 is 11.3 Å². The number of sulfonamides is 1. The van der Waals surface area contributed by atoms with Crippen LogP contribution in [0.15, 0.2) is 52.5 Å². The molecular weight excluding hydrogens is 533 g/mol. The van der Waals surface area contributed by atoms with E-state index in [4.69, 9.17) is 10.2 Å². The molecule has 1 fully saturated rings. The summed E-state index contributed by atoms with van der Waals surface area (Å²) in [6, 6.07) is 4.22. The lowest BCUT2D eigenvalue weighted by Gasteiger charge is -2.14. The Kier molecular flexibility index (Phi) is 5.61. The number of furan rings is 1. The Hall–Kier alpha value is -4.03. The van der Waals surface area contributed by atoms with Gasteiger partial charge in [-0.15, -0.1) is 11.3 Å². The van der Waals surface area contributed by atoms with Crippen LogP contribution in [0.2, 0.25) is 0 Å². The largest absolute Gasteiger partial charge is 0.463 e. The highest BCUT2D eigenvalue weighted by Gasteiger charge is 2.39. The van der Waals surface area contributed by atoms with Crippen molar-refractivity contribution in [1.82, 2.24) is 9.29 Å². The normalized spacial score (nSPS) is 15.8. The van der Waals surface area contributed by atoms with Crippen molar-refractivity contribution >= 4 is 66.4 Å². The molecule has 3 aromatic heterocycles. The quantitative estimate of drug-likeness (QED) is 0.356. The van der Waals surface area contributed by atoms with Gasteiger partial charge in [0, 0.05) is 24.1 Å². The Morgan fingerprint density at radius 2 is 2.05 bits per heavy atom. The average molecular weight is 554 g/mol. The number of hydrogen-bond donors (Lipinski definition) is 2. The lowest BCUT2D eigenvalue weighted by Crippen LogP contribution is -2.35. The zero-order chi connectivity index (χ0) is 26.8. The minimum atomic E-state index is -3.96. The standard InChI is InChI=1S/C26H20FN3O6S2/c27-17-10-18-22(24-15(17)7-8-36-24)21(16-3-1-2-4-19(16)31)23(26(33)29-38(34,35)14-5-6-14)30(18)11-13-9-20(25(28)32)37-12-13/h1-3,7-10,12,14H,4-6,11H2,(H2,28,32)(H,29,33). The monoisotopic (exact) mass is 553 g/mol. The summed E-state index contributed by atoms with van der Waals surface area (Å²) in [7, 11) is -3.96. The van der Waals surface area contributed by atoms with Crippen molar-refractivity contribution in [3.05, 3.63) is 75.6 Å². The van der Waals surface area contributed by atoms with E-state index in [-0.39, 0.29) is 56.9 Å². The van der Waals surface area contributed by atoms with Gasteiger partial charge in [-0.25, -0.2) is 17.5 Å². The van der Waals surface area contributed by atoms with Gasteiger partial charge in [-0.05, 0) is 42.0 Å². The molecular formula is C26H20FN3O6S2. The second-order valence-electron chi connectivity index (χ2n) is 9.22. The third-order valence-corrected chi connectivity index (χ3v) is 9.45. The molecule has 3 heterocycles. The van der Waals surface area contributed by atoms with Crippen LogP contribution in [0.4, 0.5) is 4.39 Å². The molecule has 0 radical (unpaired) electrons.